The van der Waals surface area contributed by atoms with Crippen LogP contribution >= 0.6 is 11.8 Å². The summed E-state index contributed by atoms with van der Waals surface area (Å²) in [5.74, 6) is 1.82. The zero-order valence-electron chi connectivity index (χ0n) is 9.03. The van der Waals surface area contributed by atoms with Crippen LogP contribution in [-0.2, 0) is 0 Å². The van der Waals surface area contributed by atoms with E-state index in [1.165, 1.54) is 0 Å². The van der Waals surface area contributed by atoms with Crippen LogP contribution < -0.4 is 10.2 Å². The van der Waals surface area contributed by atoms with E-state index >= 15 is 0 Å². The molecule has 4 nitrogen and oxygen atoms in total. The van der Waals surface area contributed by atoms with E-state index in [-0.39, 0.29) is 0 Å². The smallest absolute Gasteiger partial charge is 0.191 e. The van der Waals surface area contributed by atoms with Gasteiger partial charge in [0, 0.05) is 26.7 Å². The summed E-state index contributed by atoms with van der Waals surface area (Å²) in [7, 11) is 3.95. The summed E-state index contributed by atoms with van der Waals surface area (Å²) in [6, 6.07) is 1.95. The third-order valence-corrected chi connectivity index (χ3v) is 2.24. The van der Waals surface area contributed by atoms with Gasteiger partial charge in [-0.3, -0.25) is 0 Å². The third-order valence-electron chi connectivity index (χ3n) is 1.69. The number of nitrogens with one attached hydrogen (secondary N) is 1. The average Bonchev–Trinajstić information content (AvgIpc) is 2.17. The number of rotatable bonds is 4. The van der Waals surface area contributed by atoms with Crippen LogP contribution in [0.3, 0.4) is 0 Å². The monoisotopic (exact) mass is 212 g/mol. The van der Waals surface area contributed by atoms with Crippen LogP contribution in [0.1, 0.15) is 6.92 Å². The molecule has 0 atom stereocenters. The quantitative estimate of drug-likeness (QED) is 0.607. The number of nitrogens with zero attached hydrogens (tertiary/aromatic N) is 3. The number of hydrogen-bond donors (Lipinski definition) is 1. The Morgan fingerprint density at radius 2 is 2.14 bits per heavy atom. The second-order valence-corrected chi connectivity index (χ2v) is 3.80. The van der Waals surface area contributed by atoms with Crippen molar-refractivity contribution in [2.24, 2.45) is 0 Å². The lowest BCUT2D eigenvalue weighted by molar-refractivity contribution is 0.926. The lowest BCUT2D eigenvalue weighted by atomic mass is 10.5. The predicted molar refractivity (Wildman–Crippen MR) is 62.3 cm³/mol. The van der Waals surface area contributed by atoms with Crippen molar-refractivity contribution in [3.05, 3.63) is 6.07 Å². The van der Waals surface area contributed by atoms with E-state index < -0.39 is 0 Å². The Hall–Kier alpha value is -0.970. The van der Waals surface area contributed by atoms with Gasteiger partial charge in [0.2, 0.25) is 0 Å². The van der Waals surface area contributed by atoms with Crippen molar-refractivity contribution in [1.29, 1.82) is 0 Å². The fourth-order valence-corrected chi connectivity index (χ4v) is 1.38. The molecule has 0 saturated heterocycles. The molecule has 1 N–H and O–H groups in total. The largest absolute Gasteiger partial charge is 0.370 e. The normalized spacial score (nSPS) is 10.0. The molecule has 1 heterocycles. The van der Waals surface area contributed by atoms with Crippen LogP contribution in [0.2, 0.25) is 0 Å². The van der Waals surface area contributed by atoms with Crippen LogP contribution in [0.5, 0.6) is 0 Å². The highest BCUT2D eigenvalue weighted by Gasteiger charge is 2.04. The molecule has 0 amide bonds. The highest BCUT2D eigenvalue weighted by Crippen LogP contribution is 2.18. The summed E-state index contributed by atoms with van der Waals surface area (Å²) in [5, 5.41) is 3.98. The topological polar surface area (TPSA) is 41.0 Å². The van der Waals surface area contributed by atoms with Crippen molar-refractivity contribution < 1.29 is 0 Å². The number of aromatic nitrogens is 2. The van der Waals surface area contributed by atoms with E-state index in [4.69, 9.17) is 0 Å². The maximum atomic E-state index is 4.37. The van der Waals surface area contributed by atoms with Gasteiger partial charge in [-0.15, -0.1) is 0 Å². The number of hydrogen-bond acceptors (Lipinski definition) is 5. The Kier molecular flexibility index (Phi) is 4.00. The Balaban J connectivity index is 3.00. The lowest BCUT2D eigenvalue weighted by Gasteiger charge is -2.13. The molecule has 14 heavy (non-hydrogen) atoms. The van der Waals surface area contributed by atoms with E-state index in [0.717, 1.165) is 23.3 Å². The molecule has 0 spiro atoms. The summed E-state index contributed by atoms with van der Waals surface area (Å²) in [5.41, 5.74) is 0. The maximum absolute atomic E-state index is 4.37. The first-order valence-electron chi connectivity index (χ1n) is 4.51. The molecule has 0 aliphatic rings. The molecular formula is C9H16N4S. The molecule has 78 valence electrons. The van der Waals surface area contributed by atoms with Crippen LogP contribution in [-0.4, -0.2) is 36.9 Å². The number of anilines is 2. The van der Waals surface area contributed by atoms with Gasteiger partial charge in [-0.05, 0) is 13.2 Å². The van der Waals surface area contributed by atoms with Gasteiger partial charge in [0.15, 0.2) is 5.16 Å². The number of thioether (sulfide) groups is 1. The Bertz CT molecular complexity index is 301. The van der Waals surface area contributed by atoms with Gasteiger partial charge >= 0.3 is 0 Å². The highest BCUT2D eigenvalue weighted by molar-refractivity contribution is 7.98. The molecule has 0 unspecified atom stereocenters. The van der Waals surface area contributed by atoms with Crippen LogP contribution in [0.4, 0.5) is 11.6 Å². The van der Waals surface area contributed by atoms with Crippen molar-refractivity contribution in [3.8, 4) is 0 Å². The molecule has 0 aliphatic heterocycles. The van der Waals surface area contributed by atoms with E-state index in [1.54, 1.807) is 11.8 Å². The SMILES string of the molecule is CCNc1cc(N(C)C)nc(SC)n1. The zero-order valence-corrected chi connectivity index (χ0v) is 9.85. The standard InChI is InChI=1S/C9H16N4S/c1-5-10-7-6-8(13(2)3)12-9(11-7)14-4/h6H,5H2,1-4H3,(H,10,11,12). The Morgan fingerprint density at radius 3 is 2.64 bits per heavy atom. The van der Waals surface area contributed by atoms with Gasteiger partial charge in [-0.25, -0.2) is 9.97 Å². The molecule has 1 rings (SSSR count). The Morgan fingerprint density at radius 1 is 1.43 bits per heavy atom. The minimum Gasteiger partial charge on any atom is -0.370 e. The molecule has 0 saturated carbocycles. The second-order valence-electron chi connectivity index (χ2n) is 3.02. The van der Waals surface area contributed by atoms with E-state index in [9.17, 15) is 0 Å². The van der Waals surface area contributed by atoms with Gasteiger partial charge in [0.25, 0.3) is 0 Å². The molecule has 0 aromatic carbocycles. The highest BCUT2D eigenvalue weighted by atomic mass is 32.2. The summed E-state index contributed by atoms with van der Waals surface area (Å²) >= 11 is 1.55. The van der Waals surface area contributed by atoms with Gasteiger partial charge < -0.3 is 10.2 Å². The predicted octanol–water partition coefficient (Wildman–Crippen LogP) is 1.70. The van der Waals surface area contributed by atoms with Gasteiger partial charge in [0.05, 0.1) is 0 Å². The second kappa shape index (κ2) is 5.05. The molecule has 1 aromatic rings. The molecule has 1 aromatic heterocycles. The van der Waals surface area contributed by atoms with Crippen molar-refractivity contribution in [3.63, 3.8) is 0 Å². The zero-order chi connectivity index (χ0) is 10.6. The molecule has 0 aliphatic carbocycles. The maximum Gasteiger partial charge on any atom is 0.191 e. The molecule has 0 fully saturated rings. The van der Waals surface area contributed by atoms with Crippen LogP contribution in [0.15, 0.2) is 11.2 Å². The summed E-state index contributed by atoms with van der Waals surface area (Å²) < 4.78 is 0. The van der Waals surface area contributed by atoms with Crippen LogP contribution in [0.25, 0.3) is 0 Å². The first-order chi connectivity index (χ1) is 6.67. The van der Waals surface area contributed by atoms with E-state index in [2.05, 4.69) is 22.2 Å². The Labute approximate surface area is 89.1 Å². The van der Waals surface area contributed by atoms with Crippen LogP contribution in [0, 0.1) is 0 Å². The first-order valence-corrected chi connectivity index (χ1v) is 5.74. The van der Waals surface area contributed by atoms with Gasteiger partial charge in [-0.1, -0.05) is 11.8 Å². The third kappa shape index (κ3) is 2.77. The van der Waals surface area contributed by atoms with Gasteiger partial charge in [0.1, 0.15) is 11.6 Å². The average molecular weight is 212 g/mol. The van der Waals surface area contributed by atoms with E-state index in [0.29, 0.717) is 0 Å². The minimum absolute atomic E-state index is 0.798. The molecular weight excluding hydrogens is 196 g/mol. The molecule has 5 heteroatoms. The molecule has 0 bridgehead atoms. The van der Waals surface area contributed by atoms with Crippen molar-refractivity contribution in [2.45, 2.75) is 12.1 Å². The van der Waals surface area contributed by atoms with Crippen molar-refractivity contribution in [1.82, 2.24) is 9.97 Å². The van der Waals surface area contributed by atoms with Crippen molar-refractivity contribution >= 4 is 23.4 Å². The summed E-state index contributed by atoms with van der Waals surface area (Å²) in [4.78, 5) is 10.7. The van der Waals surface area contributed by atoms with Gasteiger partial charge in [-0.2, -0.15) is 0 Å². The summed E-state index contributed by atoms with van der Waals surface area (Å²) in [6.45, 7) is 2.92. The first kappa shape index (κ1) is 11.1. The summed E-state index contributed by atoms with van der Waals surface area (Å²) in [6.07, 6.45) is 1.98. The minimum atomic E-state index is 0.798. The fraction of sp³-hybridized carbons (Fsp3) is 0.556. The lowest BCUT2D eigenvalue weighted by Crippen LogP contribution is -2.12. The fourth-order valence-electron chi connectivity index (χ4n) is 1.00. The molecule has 0 radical (unpaired) electrons. The van der Waals surface area contributed by atoms with E-state index in [1.807, 2.05) is 31.3 Å². The van der Waals surface area contributed by atoms with Crippen molar-refractivity contribution in [2.75, 3.05) is 37.1 Å².